The van der Waals surface area contributed by atoms with Crippen LogP contribution in [0.15, 0.2) is 153 Å². The number of fused-ring (bicyclic) bond motifs is 12. The summed E-state index contributed by atoms with van der Waals surface area (Å²) < 4.78 is 2.40. The summed E-state index contributed by atoms with van der Waals surface area (Å²) in [5.74, 6) is 0. The van der Waals surface area contributed by atoms with Gasteiger partial charge in [-0.15, -0.1) is 0 Å². The Bertz CT molecular complexity index is 2250. The van der Waals surface area contributed by atoms with Gasteiger partial charge >= 0.3 is 0 Å². The molecule has 0 radical (unpaired) electrons. The van der Waals surface area contributed by atoms with Crippen LogP contribution in [0.3, 0.4) is 0 Å². The van der Waals surface area contributed by atoms with Gasteiger partial charge in [-0.05, 0) is 68.3 Å². The minimum absolute atomic E-state index is 0.387. The summed E-state index contributed by atoms with van der Waals surface area (Å²) >= 11 is 0. The summed E-state index contributed by atoms with van der Waals surface area (Å²) in [6, 6.07) is 51.1. The van der Waals surface area contributed by atoms with Crippen molar-refractivity contribution >= 4 is 23.1 Å². The lowest BCUT2D eigenvalue weighted by atomic mass is 9.70. The van der Waals surface area contributed by atoms with Gasteiger partial charge in [0.25, 0.3) is 0 Å². The van der Waals surface area contributed by atoms with E-state index in [4.69, 9.17) is 0 Å². The molecule has 0 aliphatic heterocycles. The summed E-state index contributed by atoms with van der Waals surface area (Å²) in [5, 5.41) is 1.19. The molecule has 0 atom stereocenters. The molecule has 1 heteroatoms. The Kier molecular flexibility index (Phi) is 5.19. The second-order valence-corrected chi connectivity index (χ2v) is 11.7. The molecule has 0 bridgehead atoms. The molecular formula is C43H29N. The van der Waals surface area contributed by atoms with Crippen molar-refractivity contribution in [3.63, 3.8) is 0 Å². The predicted molar refractivity (Wildman–Crippen MR) is 185 cm³/mol. The lowest BCUT2D eigenvalue weighted by Gasteiger charge is -2.30. The van der Waals surface area contributed by atoms with Gasteiger partial charge in [0.2, 0.25) is 0 Å². The van der Waals surface area contributed by atoms with Gasteiger partial charge in [0.05, 0.1) is 16.6 Å². The molecule has 0 saturated heterocycles. The second-order valence-electron chi connectivity index (χ2n) is 11.7. The topological polar surface area (TPSA) is 4.93 Å². The van der Waals surface area contributed by atoms with Crippen LogP contribution in [-0.4, -0.2) is 4.57 Å². The normalized spacial score (nSPS) is 13.4. The average Bonchev–Trinajstić information content (AvgIpc) is 3.70. The Hall–Kier alpha value is -5.66. The molecule has 206 valence electrons. The zero-order valence-corrected chi connectivity index (χ0v) is 24.3. The van der Waals surface area contributed by atoms with E-state index in [0.717, 1.165) is 16.9 Å². The van der Waals surface area contributed by atoms with Crippen molar-refractivity contribution in [2.24, 2.45) is 0 Å². The summed E-state index contributed by atoms with van der Waals surface area (Å²) in [7, 11) is 0. The molecule has 9 rings (SSSR count). The summed E-state index contributed by atoms with van der Waals surface area (Å²) in [4.78, 5) is 0. The summed E-state index contributed by atoms with van der Waals surface area (Å²) in [6.45, 7) is 8.54. The van der Waals surface area contributed by atoms with Crippen LogP contribution in [0.5, 0.6) is 0 Å². The van der Waals surface area contributed by atoms with Gasteiger partial charge in [-0.25, -0.2) is 0 Å². The van der Waals surface area contributed by atoms with Crippen molar-refractivity contribution in [1.82, 2.24) is 4.57 Å². The Labute approximate surface area is 257 Å². The molecule has 2 aliphatic carbocycles. The number of hydrogen-bond acceptors (Lipinski definition) is 0. The highest BCUT2D eigenvalue weighted by Gasteiger charge is 2.52. The van der Waals surface area contributed by atoms with Crippen LogP contribution in [0.2, 0.25) is 0 Å². The maximum atomic E-state index is 4.29. The van der Waals surface area contributed by atoms with E-state index in [0.29, 0.717) is 0 Å². The Morgan fingerprint density at radius 2 is 1.02 bits per heavy atom. The third kappa shape index (κ3) is 3.03. The number of hydrogen-bond donors (Lipinski definition) is 0. The largest absolute Gasteiger partial charge is 0.309 e. The first-order chi connectivity index (χ1) is 21.8. The monoisotopic (exact) mass is 559 g/mol. The van der Waals surface area contributed by atoms with Crippen LogP contribution in [0, 0.1) is 0 Å². The second kappa shape index (κ2) is 9.17. The number of nitrogens with zero attached hydrogens (tertiary/aromatic N) is 1. The van der Waals surface area contributed by atoms with Crippen molar-refractivity contribution in [2.45, 2.75) is 5.41 Å². The van der Waals surface area contributed by atoms with Gasteiger partial charge in [0, 0.05) is 22.2 Å². The van der Waals surface area contributed by atoms with Gasteiger partial charge < -0.3 is 4.57 Å². The molecule has 0 amide bonds. The predicted octanol–water partition coefficient (Wildman–Crippen LogP) is 10.9. The van der Waals surface area contributed by atoms with Crippen LogP contribution in [0.25, 0.3) is 62.1 Å². The lowest BCUT2D eigenvalue weighted by molar-refractivity contribution is 0.794. The van der Waals surface area contributed by atoms with E-state index >= 15 is 0 Å². The van der Waals surface area contributed by atoms with Crippen LogP contribution in [0.1, 0.15) is 33.5 Å². The molecule has 6 aromatic carbocycles. The fraction of sp³-hybridized carbons (Fsp3) is 0.0233. The van der Waals surface area contributed by atoms with Crippen LogP contribution in [-0.2, 0) is 5.41 Å². The minimum atomic E-state index is -0.387. The molecule has 1 aromatic heterocycles. The fourth-order valence-electron chi connectivity index (χ4n) is 8.11. The van der Waals surface area contributed by atoms with Crippen LogP contribution >= 0.6 is 0 Å². The number of benzene rings is 6. The third-order valence-corrected chi connectivity index (χ3v) is 9.80. The maximum Gasteiger partial charge on any atom is 0.0726 e. The van der Waals surface area contributed by atoms with E-state index in [9.17, 15) is 0 Å². The Morgan fingerprint density at radius 3 is 1.64 bits per heavy atom. The molecule has 0 N–H and O–H groups in total. The zero-order valence-electron chi connectivity index (χ0n) is 24.3. The van der Waals surface area contributed by atoms with Gasteiger partial charge in [-0.3, -0.25) is 0 Å². The molecule has 0 saturated carbocycles. The quantitative estimate of drug-likeness (QED) is 0.202. The third-order valence-electron chi connectivity index (χ3n) is 9.80. The van der Waals surface area contributed by atoms with Crippen molar-refractivity contribution < 1.29 is 0 Å². The van der Waals surface area contributed by atoms with E-state index in [1.165, 1.54) is 66.5 Å². The van der Waals surface area contributed by atoms with Gasteiger partial charge in [0.1, 0.15) is 0 Å². The minimum Gasteiger partial charge on any atom is -0.309 e. The number of aromatic nitrogens is 1. The highest BCUT2D eigenvalue weighted by molar-refractivity contribution is 6.09. The number of rotatable bonds is 4. The molecule has 0 fully saturated rings. The SMILES string of the molecule is C=Cc1c(C=C)n(-c2ccc(-c3ccccc3)cc2)c2c3c(ccc12)C1(c2ccccc2-c2ccccc21)c1ccccc1-3. The molecular weight excluding hydrogens is 530 g/mol. The van der Waals surface area contributed by atoms with Gasteiger partial charge in [0.15, 0.2) is 0 Å². The van der Waals surface area contributed by atoms with Crippen molar-refractivity contribution in [1.29, 1.82) is 0 Å². The molecule has 1 nitrogen and oxygen atoms in total. The van der Waals surface area contributed by atoms with E-state index in [2.05, 4.69) is 157 Å². The van der Waals surface area contributed by atoms with E-state index in [1.54, 1.807) is 0 Å². The summed E-state index contributed by atoms with van der Waals surface area (Å²) in [6.07, 6.45) is 3.96. The first-order valence-corrected chi connectivity index (χ1v) is 15.2. The Balaban J connectivity index is 1.41. The molecule has 2 aliphatic rings. The fourth-order valence-corrected chi connectivity index (χ4v) is 8.11. The van der Waals surface area contributed by atoms with E-state index < -0.39 is 0 Å². The smallest absolute Gasteiger partial charge is 0.0726 e. The molecule has 1 heterocycles. The standard InChI is InChI=1S/C43H29N/c1-3-31-34-26-27-39-41(42(34)44(40(31)4-2)30-24-22-29(23-25-30)28-14-6-5-7-15-28)35-18-10-13-21-38(35)43(39)36-19-11-8-16-32(36)33-17-9-12-20-37(33)43/h3-27H,1-2H2. The van der Waals surface area contributed by atoms with Gasteiger partial charge in [-0.1, -0.05) is 147 Å². The molecule has 7 aromatic rings. The van der Waals surface area contributed by atoms with Crippen molar-refractivity contribution in [3.8, 4) is 39.1 Å². The lowest BCUT2D eigenvalue weighted by Crippen LogP contribution is -2.25. The molecule has 44 heavy (non-hydrogen) atoms. The Morgan fingerprint density at radius 1 is 0.477 bits per heavy atom. The van der Waals surface area contributed by atoms with Crippen LogP contribution in [0.4, 0.5) is 0 Å². The van der Waals surface area contributed by atoms with Crippen LogP contribution < -0.4 is 0 Å². The molecule has 1 spiro atoms. The summed E-state index contributed by atoms with van der Waals surface area (Å²) in [5.41, 5.74) is 17.1. The van der Waals surface area contributed by atoms with Gasteiger partial charge in [-0.2, -0.15) is 0 Å². The maximum absolute atomic E-state index is 4.29. The van der Waals surface area contributed by atoms with E-state index in [1.807, 2.05) is 12.2 Å². The first-order valence-electron chi connectivity index (χ1n) is 15.2. The van der Waals surface area contributed by atoms with E-state index in [-0.39, 0.29) is 5.41 Å². The van der Waals surface area contributed by atoms with Crippen molar-refractivity contribution in [3.05, 3.63) is 186 Å². The average molecular weight is 560 g/mol. The first kappa shape index (κ1) is 24.9. The highest BCUT2D eigenvalue weighted by Crippen LogP contribution is 2.64. The zero-order chi connectivity index (χ0) is 29.4. The highest BCUT2D eigenvalue weighted by atomic mass is 15.0. The molecule has 0 unspecified atom stereocenters. The van der Waals surface area contributed by atoms with Crippen molar-refractivity contribution in [2.75, 3.05) is 0 Å².